The van der Waals surface area contributed by atoms with Crippen molar-refractivity contribution in [2.45, 2.75) is 13.0 Å². The summed E-state index contributed by atoms with van der Waals surface area (Å²) in [5.74, 6) is 0. The van der Waals surface area contributed by atoms with E-state index in [-0.39, 0.29) is 18.3 Å². The fraction of sp³-hybridized carbons (Fsp3) is 0.526. The molecule has 2 fully saturated rings. The highest BCUT2D eigenvalue weighted by Gasteiger charge is 2.29. The minimum atomic E-state index is -0.333. The molecule has 3 rings (SSSR count). The predicted molar refractivity (Wildman–Crippen MR) is 117 cm³/mol. The van der Waals surface area contributed by atoms with Gasteiger partial charge in [0.05, 0.1) is 13.1 Å². The van der Waals surface area contributed by atoms with Crippen molar-refractivity contribution >= 4 is 41.3 Å². The van der Waals surface area contributed by atoms with Gasteiger partial charge in [-0.2, -0.15) is 0 Å². The third-order valence-corrected chi connectivity index (χ3v) is 4.06. The van der Waals surface area contributed by atoms with Crippen LogP contribution in [0.15, 0.2) is 24.3 Å². The summed E-state index contributed by atoms with van der Waals surface area (Å²) >= 11 is 4.44. The van der Waals surface area contributed by atoms with E-state index in [4.69, 9.17) is 14.2 Å². The van der Waals surface area contributed by atoms with Gasteiger partial charge in [0.15, 0.2) is 0 Å². The molecule has 1 atom stereocenters. The van der Waals surface area contributed by atoms with E-state index >= 15 is 0 Å². The number of carbonyl (C=O) groups is 2. The Labute approximate surface area is 177 Å². The van der Waals surface area contributed by atoms with E-state index in [1.165, 1.54) is 12.6 Å². The van der Waals surface area contributed by atoms with Crippen LogP contribution in [0.2, 0.25) is 0 Å². The molecule has 162 valence electrons. The molecule has 0 spiro atoms. The summed E-state index contributed by atoms with van der Waals surface area (Å²) in [4.78, 5) is 28.2. The van der Waals surface area contributed by atoms with Gasteiger partial charge in [-0.05, 0) is 64.6 Å². The Morgan fingerprint density at radius 3 is 2.17 bits per heavy atom. The summed E-state index contributed by atoms with van der Waals surface area (Å²) in [5.41, 5.74) is 7.33. The molecule has 10 heteroatoms. The monoisotopic (exact) mass is 426 g/mol. The normalized spacial score (nSPS) is 17.7. The number of hydrogen-bond acceptors (Lipinski definition) is 8. The first kappa shape index (κ1) is 24.6. The highest BCUT2D eigenvalue weighted by molar-refractivity contribution is 7.78. The van der Waals surface area contributed by atoms with Crippen molar-refractivity contribution in [2.75, 3.05) is 63.8 Å². The lowest BCUT2D eigenvalue weighted by atomic mass is 10.2. The van der Waals surface area contributed by atoms with Gasteiger partial charge in [-0.3, -0.25) is 9.80 Å². The summed E-state index contributed by atoms with van der Waals surface area (Å²) in [6.45, 7) is 4.98. The molecule has 2 aliphatic rings. The Kier molecular flexibility index (Phi) is 11.0. The summed E-state index contributed by atoms with van der Waals surface area (Å²) < 4.78 is 14.8. The fourth-order valence-electron chi connectivity index (χ4n) is 2.54. The van der Waals surface area contributed by atoms with Gasteiger partial charge in [-0.1, -0.05) is 0 Å². The van der Waals surface area contributed by atoms with Crippen molar-refractivity contribution in [3.05, 3.63) is 24.3 Å². The van der Waals surface area contributed by atoms with Crippen LogP contribution < -0.4 is 15.5 Å². The van der Waals surface area contributed by atoms with Crippen LogP contribution in [0.1, 0.15) is 6.92 Å². The summed E-state index contributed by atoms with van der Waals surface area (Å²) in [7, 11) is 5.49. The molecular weight excluding hydrogens is 396 g/mol. The highest BCUT2D eigenvalue weighted by Crippen LogP contribution is 2.26. The lowest BCUT2D eigenvalue weighted by Gasteiger charge is -2.16. The van der Waals surface area contributed by atoms with E-state index in [9.17, 15) is 9.59 Å². The average molecular weight is 427 g/mol. The second kappa shape index (κ2) is 12.9. The molecule has 2 amide bonds. The van der Waals surface area contributed by atoms with Crippen LogP contribution in [0.4, 0.5) is 21.0 Å². The number of cyclic esters (lactones) is 2. The number of amides is 2. The van der Waals surface area contributed by atoms with Gasteiger partial charge in [0.25, 0.3) is 0 Å². The summed E-state index contributed by atoms with van der Waals surface area (Å²) in [6.07, 6.45) is -0.761. The van der Waals surface area contributed by atoms with E-state index in [0.29, 0.717) is 26.3 Å². The largest absolute Gasteiger partial charge is 0.488 e. The van der Waals surface area contributed by atoms with Crippen LogP contribution >= 0.6 is 12.2 Å². The summed E-state index contributed by atoms with van der Waals surface area (Å²) in [6, 6.07) is 7.22. The van der Waals surface area contributed by atoms with Crippen molar-refractivity contribution in [1.82, 2.24) is 4.90 Å². The highest BCUT2D eigenvalue weighted by atomic mass is 32.1. The first-order valence-corrected chi connectivity index (χ1v) is 9.69. The minimum Gasteiger partial charge on any atom is -0.488 e. The van der Waals surface area contributed by atoms with Crippen LogP contribution in [0.25, 0.3) is 0 Å². The number of rotatable bonds is 6. The number of likely N-dealkylation sites (N-methyl/N-ethyl adjacent to an activating group) is 1. The SMILES string of the molecule is CC1CN(c2ccc(N3CCOC3=O)cc2)C(=O)O1.CN.CN(C)CCOC=S. The maximum absolute atomic E-state index is 11.6. The van der Waals surface area contributed by atoms with Gasteiger partial charge >= 0.3 is 12.2 Å². The van der Waals surface area contributed by atoms with Crippen LogP contribution in [0.3, 0.4) is 0 Å². The Hall–Kier alpha value is -2.43. The molecule has 1 unspecified atom stereocenters. The van der Waals surface area contributed by atoms with Gasteiger partial charge in [0.1, 0.15) is 24.9 Å². The number of nitrogens with zero attached hydrogens (tertiary/aromatic N) is 3. The zero-order valence-corrected chi connectivity index (χ0v) is 18.2. The van der Waals surface area contributed by atoms with Crippen molar-refractivity contribution in [2.24, 2.45) is 5.73 Å². The van der Waals surface area contributed by atoms with E-state index in [0.717, 1.165) is 17.9 Å². The van der Waals surface area contributed by atoms with Crippen LogP contribution in [0.5, 0.6) is 0 Å². The molecule has 0 aliphatic carbocycles. The second-order valence-electron chi connectivity index (χ2n) is 6.36. The van der Waals surface area contributed by atoms with Crippen LogP contribution in [0, 0.1) is 0 Å². The van der Waals surface area contributed by atoms with E-state index in [1.54, 1.807) is 34.1 Å². The smallest absolute Gasteiger partial charge is 0.414 e. The molecule has 1 aromatic carbocycles. The van der Waals surface area contributed by atoms with Crippen LogP contribution in [-0.4, -0.2) is 82.7 Å². The van der Waals surface area contributed by atoms with E-state index in [1.807, 2.05) is 25.9 Å². The molecule has 0 radical (unpaired) electrons. The standard InChI is InChI=1S/C13H14N2O4.C5H11NOS.CH5N/c1-9-8-15(13(17)19-9)11-4-2-10(3-5-11)14-6-7-18-12(14)16;1-6(2)3-4-7-5-8;1-2/h2-5,9H,6-8H2,1H3;5H,3-4H2,1-2H3;2H2,1H3. The Morgan fingerprint density at radius 2 is 1.76 bits per heavy atom. The molecule has 2 heterocycles. The Bertz CT molecular complexity index is 657. The number of carbonyl (C=O) groups excluding carboxylic acids is 2. The molecule has 2 saturated heterocycles. The van der Waals surface area contributed by atoms with Gasteiger partial charge in [0, 0.05) is 17.9 Å². The van der Waals surface area contributed by atoms with Crippen molar-refractivity contribution in [3.63, 3.8) is 0 Å². The molecule has 0 saturated carbocycles. The number of hydrogen-bond donors (Lipinski definition) is 1. The minimum absolute atomic E-state index is 0.0965. The zero-order chi connectivity index (χ0) is 21.8. The third-order valence-electron chi connectivity index (χ3n) is 3.92. The second-order valence-corrected chi connectivity index (χ2v) is 6.55. The number of benzene rings is 1. The van der Waals surface area contributed by atoms with Gasteiger partial charge in [0.2, 0.25) is 0 Å². The first-order chi connectivity index (χ1) is 13.9. The maximum Gasteiger partial charge on any atom is 0.414 e. The predicted octanol–water partition coefficient (Wildman–Crippen LogP) is 2.08. The van der Waals surface area contributed by atoms with Gasteiger partial charge in [-0.25, -0.2) is 9.59 Å². The van der Waals surface area contributed by atoms with Gasteiger partial charge in [-0.15, -0.1) is 0 Å². The molecule has 1 aromatic rings. The maximum atomic E-state index is 11.6. The Balaban J connectivity index is 0.000000358. The van der Waals surface area contributed by atoms with Crippen molar-refractivity contribution < 1.29 is 23.8 Å². The lowest BCUT2D eigenvalue weighted by molar-refractivity contribution is 0.150. The third kappa shape index (κ3) is 7.84. The van der Waals surface area contributed by atoms with E-state index in [2.05, 4.69) is 18.0 Å². The van der Waals surface area contributed by atoms with Crippen LogP contribution in [-0.2, 0) is 14.2 Å². The molecule has 2 N–H and O–H groups in total. The quantitative estimate of drug-likeness (QED) is 0.545. The molecule has 0 bridgehead atoms. The molecule has 0 aromatic heterocycles. The fourth-order valence-corrected chi connectivity index (χ4v) is 2.64. The Morgan fingerprint density at radius 1 is 1.17 bits per heavy atom. The van der Waals surface area contributed by atoms with E-state index < -0.39 is 0 Å². The molecule has 29 heavy (non-hydrogen) atoms. The first-order valence-electron chi connectivity index (χ1n) is 9.22. The number of anilines is 2. The number of ether oxygens (including phenoxy) is 3. The van der Waals surface area contributed by atoms with Gasteiger partial charge < -0.3 is 24.8 Å². The van der Waals surface area contributed by atoms with Crippen molar-refractivity contribution in [1.29, 1.82) is 0 Å². The zero-order valence-electron chi connectivity index (χ0n) is 17.4. The molecular formula is C19H30N4O5S. The number of thiocarbonyl (C=S) groups is 1. The van der Waals surface area contributed by atoms with Crippen molar-refractivity contribution in [3.8, 4) is 0 Å². The molecule has 2 aliphatic heterocycles. The number of nitrogens with two attached hydrogens (primary N) is 1. The average Bonchev–Trinajstić information content (AvgIpc) is 3.28. The topological polar surface area (TPSA) is 97.6 Å². The lowest BCUT2D eigenvalue weighted by Crippen LogP contribution is -2.25. The molecule has 9 nitrogen and oxygen atoms in total. The summed E-state index contributed by atoms with van der Waals surface area (Å²) in [5, 5.41) is 0.